The molecule has 4 heteroatoms. The lowest BCUT2D eigenvalue weighted by molar-refractivity contribution is -0.140. The zero-order chi connectivity index (χ0) is 13.4. The van der Waals surface area contributed by atoms with Gasteiger partial charge >= 0.3 is 5.97 Å². The molecule has 0 saturated heterocycles. The molecular formula is C14H21NO3. The summed E-state index contributed by atoms with van der Waals surface area (Å²) in [6, 6.07) is 7.97. The van der Waals surface area contributed by atoms with Gasteiger partial charge in [-0.15, -0.1) is 0 Å². The maximum absolute atomic E-state index is 11.0. The Hall–Kier alpha value is -1.55. The van der Waals surface area contributed by atoms with Gasteiger partial charge in [-0.2, -0.15) is 0 Å². The molecule has 0 aromatic heterocycles. The van der Waals surface area contributed by atoms with Crippen LogP contribution in [0.15, 0.2) is 24.3 Å². The minimum absolute atomic E-state index is 0.179. The summed E-state index contributed by atoms with van der Waals surface area (Å²) < 4.78 is 10.2. The number of nitrogens with zero attached hydrogens (tertiary/aromatic N) is 1. The lowest BCUT2D eigenvalue weighted by atomic mass is 10.2. The zero-order valence-corrected chi connectivity index (χ0v) is 11.3. The Kier molecular flexibility index (Phi) is 6.22. The minimum Gasteiger partial charge on any atom is -0.492 e. The molecule has 1 aromatic carbocycles. The average molecular weight is 251 g/mol. The van der Waals surface area contributed by atoms with E-state index in [1.165, 1.54) is 12.7 Å². The number of benzene rings is 1. The van der Waals surface area contributed by atoms with Crippen molar-refractivity contribution in [3.05, 3.63) is 29.8 Å². The summed E-state index contributed by atoms with van der Waals surface area (Å²) in [6.07, 6.45) is 0.414. The number of hydrogen-bond acceptors (Lipinski definition) is 4. The first-order valence-electron chi connectivity index (χ1n) is 6.06. The zero-order valence-electron chi connectivity index (χ0n) is 11.3. The standard InChI is InChI=1S/C14H21NO3/c1-12-5-4-6-13(11-12)18-10-9-15(2)8-7-14(16)17-3/h4-6,11H,7-10H2,1-3H3. The van der Waals surface area contributed by atoms with E-state index in [9.17, 15) is 4.79 Å². The number of ether oxygens (including phenoxy) is 2. The number of likely N-dealkylation sites (N-methyl/N-ethyl adjacent to an activating group) is 1. The molecule has 100 valence electrons. The molecule has 0 aliphatic rings. The Morgan fingerprint density at radius 1 is 1.33 bits per heavy atom. The molecule has 1 rings (SSSR count). The third-order valence-corrected chi connectivity index (χ3v) is 2.66. The van der Waals surface area contributed by atoms with Gasteiger partial charge in [0.25, 0.3) is 0 Å². The van der Waals surface area contributed by atoms with Gasteiger partial charge in [-0.25, -0.2) is 0 Å². The summed E-state index contributed by atoms with van der Waals surface area (Å²) in [5.41, 5.74) is 1.19. The van der Waals surface area contributed by atoms with E-state index < -0.39 is 0 Å². The summed E-state index contributed by atoms with van der Waals surface area (Å²) in [5, 5.41) is 0. The molecule has 0 saturated carbocycles. The summed E-state index contributed by atoms with van der Waals surface area (Å²) in [6.45, 7) is 4.12. The Labute approximate surface area is 108 Å². The second-order valence-electron chi connectivity index (χ2n) is 4.29. The van der Waals surface area contributed by atoms with Gasteiger partial charge in [-0.3, -0.25) is 4.79 Å². The molecule has 0 unspecified atom stereocenters. The van der Waals surface area contributed by atoms with Crippen LogP contribution in [0.1, 0.15) is 12.0 Å². The summed E-state index contributed by atoms with van der Waals surface area (Å²) >= 11 is 0. The monoisotopic (exact) mass is 251 g/mol. The van der Waals surface area contributed by atoms with E-state index in [-0.39, 0.29) is 5.97 Å². The highest BCUT2D eigenvalue weighted by molar-refractivity contribution is 5.69. The van der Waals surface area contributed by atoms with Gasteiger partial charge in [0.15, 0.2) is 0 Å². The third-order valence-electron chi connectivity index (χ3n) is 2.66. The van der Waals surface area contributed by atoms with E-state index in [0.717, 1.165) is 12.3 Å². The van der Waals surface area contributed by atoms with Crippen LogP contribution in [0.2, 0.25) is 0 Å². The second kappa shape index (κ2) is 7.71. The Morgan fingerprint density at radius 2 is 2.11 bits per heavy atom. The average Bonchev–Trinajstić information content (AvgIpc) is 2.36. The molecule has 18 heavy (non-hydrogen) atoms. The van der Waals surface area contributed by atoms with Gasteiger partial charge in [-0.1, -0.05) is 12.1 Å². The molecule has 0 spiro atoms. The van der Waals surface area contributed by atoms with Gasteiger partial charge in [0.1, 0.15) is 12.4 Å². The lowest BCUT2D eigenvalue weighted by Crippen LogP contribution is -2.27. The fourth-order valence-electron chi connectivity index (χ4n) is 1.52. The number of esters is 1. The van der Waals surface area contributed by atoms with Gasteiger partial charge in [0.05, 0.1) is 13.5 Å². The van der Waals surface area contributed by atoms with E-state index in [1.54, 1.807) is 0 Å². The molecule has 0 heterocycles. The smallest absolute Gasteiger partial charge is 0.306 e. The predicted octanol–water partition coefficient (Wildman–Crippen LogP) is 1.87. The maximum Gasteiger partial charge on any atom is 0.306 e. The molecule has 0 fully saturated rings. The molecule has 0 radical (unpaired) electrons. The van der Waals surface area contributed by atoms with Crippen molar-refractivity contribution in [1.29, 1.82) is 0 Å². The molecule has 0 atom stereocenters. The SMILES string of the molecule is COC(=O)CCN(C)CCOc1cccc(C)c1. The molecule has 0 N–H and O–H groups in total. The number of rotatable bonds is 7. The maximum atomic E-state index is 11.0. The highest BCUT2D eigenvalue weighted by Crippen LogP contribution is 2.11. The molecule has 4 nitrogen and oxygen atoms in total. The van der Waals surface area contributed by atoms with Crippen LogP contribution in [0.3, 0.4) is 0 Å². The molecule has 0 aliphatic carbocycles. The molecular weight excluding hydrogens is 230 g/mol. The van der Waals surface area contributed by atoms with Crippen LogP contribution in [0.5, 0.6) is 5.75 Å². The summed E-state index contributed by atoms with van der Waals surface area (Å²) in [4.78, 5) is 13.0. The Balaban J connectivity index is 2.19. The van der Waals surface area contributed by atoms with Crippen LogP contribution in [-0.2, 0) is 9.53 Å². The van der Waals surface area contributed by atoms with E-state index in [1.807, 2.05) is 43.1 Å². The summed E-state index contributed by atoms with van der Waals surface area (Å²) in [5.74, 6) is 0.706. The van der Waals surface area contributed by atoms with Crippen LogP contribution in [-0.4, -0.2) is 44.7 Å². The highest BCUT2D eigenvalue weighted by Gasteiger charge is 2.04. The van der Waals surface area contributed by atoms with Crippen molar-refractivity contribution in [3.8, 4) is 5.75 Å². The minimum atomic E-state index is -0.179. The first-order valence-corrected chi connectivity index (χ1v) is 6.06. The first-order chi connectivity index (χ1) is 8.61. The van der Waals surface area contributed by atoms with Gasteiger partial charge in [0, 0.05) is 13.1 Å². The Bertz CT molecular complexity index is 379. The first kappa shape index (κ1) is 14.5. The van der Waals surface area contributed by atoms with Crippen LogP contribution in [0.4, 0.5) is 0 Å². The number of carbonyl (C=O) groups excluding carboxylic acids is 1. The van der Waals surface area contributed by atoms with Crippen LogP contribution in [0.25, 0.3) is 0 Å². The van der Waals surface area contributed by atoms with Crippen molar-refractivity contribution in [2.24, 2.45) is 0 Å². The van der Waals surface area contributed by atoms with Crippen LogP contribution in [0, 0.1) is 6.92 Å². The van der Waals surface area contributed by atoms with Gasteiger partial charge < -0.3 is 14.4 Å². The molecule has 1 aromatic rings. The highest BCUT2D eigenvalue weighted by atomic mass is 16.5. The van der Waals surface area contributed by atoms with Crippen molar-refractivity contribution in [2.45, 2.75) is 13.3 Å². The quantitative estimate of drug-likeness (QED) is 0.693. The van der Waals surface area contributed by atoms with Crippen molar-refractivity contribution in [1.82, 2.24) is 4.90 Å². The number of methoxy groups -OCH3 is 1. The van der Waals surface area contributed by atoms with Crippen molar-refractivity contribution in [3.63, 3.8) is 0 Å². The Morgan fingerprint density at radius 3 is 2.78 bits per heavy atom. The fourth-order valence-corrected chi connectivity index (χ4v) is 1.52. The molecule has 0 aliphatic heterocycles. The normalized spacial score (nSPS) is 10.4. The number of carbonyl (C=O) groups is 1. The predicted molar refractivity (Wildman–Crippen MR) is 70.8 cm³/mol. The van der Waals surface area contributed by atoms with Crippen molar-refractivity contribution >= 4 is 5.97 Å². The van der Waals surface area contributed by atoms with Gasteiger partial charge in [0.2, 0.25) is 0 Å². The van der Waals surface area contributed by atoms with E-state index >= 15 is 0 Å². The fraction of sp³-hybridized carbons (Fsp3) is 0.500. The van der Waals surface area contributed by atoms with E-state index in [2.05, 4.69) is 4.74 Å². The van der Waals surface area contributed by atoms with E-state index in [4.69, 9.17) is 4.74 Å². The lowest BCUT2D eigenvalue weighted by Gasteiger charge is -2.16. The van der Waals surface area contributed by atoms with Crippen molar-refractivity contribution < 1.29 is 14.3 Å². The largest absolute Gasteiger partial charge is 0.492 e. The summed E-state index contributed by atoms with van der Waals surface area (Å²) in [7, 11) is 3.37. The number of hydrogen-bond donors (Lipinski definition) is 0. The molecule has 0 bridgehead atoms. The van der Waals surface area contributed by atoms with Crippen LogP contribution >= 0.6 is 0 Å². The van der Waals surface area contributed by atoms with Gasteiger partial charge in [-0.05, 0) is 31.7 Å². The van der Waals surface area contributed by atoms with E-state index in [0.29, 0.717) is 19.6 Å². The third kappa shape index (κ3) is 5.68. The second-order valence-corrected chi connectivity index (χ2v) is 4.29. The molecule has 0 amide bonds. The van der Waals surface area contributed by atoms with Crippen molar-refractivity contribution in [2.75, 3.05) is 33.9 Å². The number of aryl methyl sites for hydroxylation is 1. The van der Waals surface area contributed by atoms with Crippen LogP contribution < -0.4 is 4.74 Å². The topological polar surface area (TPSA) is 38.8 Å².